The molecule has 0 amide bonds. The molecule has 8 N–H and O–H groups in total. The van der Waals surface area contributed by atoms with E-state index in [9.17, 15) is 0 Å². The SMILES string of the molecule is CCCCCCCCC1(CCCCCCCC)c2cc(N)c(N)cc2-c2cc(N)c(N)cc21. The highest BCUT2D eigenvalue weighted by Gasteiger charge is 2.43. The highest BCUT2D eigenvalue weighted by molar-refractivity contribution is 5.90. The van der Waals surface area contributed by atoms with Crippen molar-refractivity contribution < 1.29 is 0 Å². The van der Waals surface area contributed by atoms with Crippen LogP contribution in [0.25, 0.3) is 11.1 Å². The molecule has 0 aliphatic heterocycles. The van der Waals surface area contributed by atoms with Gasteiger partial charge in [0.05, 0.1) is 22.7 Å². The molecular weight excluding hydrogens is 404 g/mol. The van der Waals surface area contributed by atoms with Crippen molar-refractivity contribution in [3.63, 3.8) is 0 Å². The number of rotatable bonds is 14. The van der Waals surface area contributed by atoms with Crippen LogP contribution in [0.4, 0.5) is 22.7 Å². The van der Waals surface area contributed by atoms with E-state index in [1.165, 1.54) is 99.3 Å². The lowest BCUT2D eigenvalue weighted by atomic mass is 9.70. The fourth-order valence-electron chi connectivity index (χ4n) is 5.73. The van der Waals surface area contributed by atoms with Crippen LogP contribution in [0.5, 0.6) is 0 Å². The van der Waals surface area contributed by atoms with Gasteiger partial charge in [-0.25, -0.2) is 0 Å². The minimum Gasteiger partial charge on any atom is -0.397 e. The molecule has 0 heterocycles. The second-order valence-corrected chi connectivity index (χ2v) is 10.2. The smallest absolute Gasteiger partial charge is 0.0554 e. The fourth-order valence-corrected chi connectivity index (χ4v) is 5.73. The molecule has 0 saturated carbocycles. The Balaban J connectivity index is 1.94. The molecule has 2 aromatic carbocycles. The summed E-state index contributed by atoms with van der Waals surface area (Å²) in [5.41, 5.74) is 32.9. The Hall–Kier alpha value is -2.36. The minimum absolute atomic E-state index is 0.0518. The molecule has 2 aromatic rings. The number of nitrogen functional groups attached to an aromatic ring is 4. The highest BCUT2D eigenvalue weighted by atomic mass is 14.7. The van der Waals surface area contributed by atoms with E-state index in [0.29, 0.717) is 22.7 Å². The molecule has 3 rings (SSSR count). The van der Waals surface area contributed by atoms with E-state index < -0.39 is 0 Å². The van der Waals surface area contributed by atoms with Gasteiger partial charge in [-0.1, -0.05) is 90.9 Å². The number of benzene rings is 2. The molecule has 0 fully saturated rings. The van der Waals surface area contributed by atoms with Crippen molar-refractivity contribution in [1.82, 2.24) is 0 Å². The van der Waals surface area contributed by atoms with E-state index in [-0.39, 0.29) is 5.41 Å². The molecule has 1 aliphatic rings. The van der Waals surface area contributed by atoms with Crippen LogP contribution in [0.3, 0.4) is 0 Å². The molecule has 1 aliphatic carbocycles. The first-order valence-corrected chi connectivity index (χ1v) is 13.3. The van der Waals surface area contributed by atoms with Gasteiger partial charge in [-0.3, -0.25) is 0 Å². The quantitative estimate of drug-likeness (QED) is 0.174. The maximum absolute atomic E-state index is 6.35. The third kappa shape index (κ3) is 5.59. The van der Waals surface area contributed by atoms with Gasteiger partial charge >= 0.3 is 0 Å². The van der Waals surface area contributed by atoms with Gasteiger partial charge in [0.15, 0.2) is 0 Å². The first kappa shape index (κ1) is 25.3. The van der Waals surface area contributed by atoms with Crippen LogP contribution < -0.4 is 22.9 Å². The van der Waals surface area contributed by atoms with E-state index in [1.807, 2.05) is 0 Å². The van der Waals surface area contributed by atoms with E-state index in [1.54, 1.807) is 0 Å². The molecule has 0 unspecified atom stereocenters. The monoisotopic (exact) mass is 450 g/mol. The number of anilines is 4. The van der Waals surface area contributed by atoms with Crippen LogP contribution in [0.1, 0.15) is 115 Å². The topological polar surface area (TPSA) is 104 Å². The van der Waals surface area contributed by atoms with E-state index in [0.717, 1.165) is 12.8 Å². The predicted molar refractivity (Wildman–Crippen MR) is 146 cm³/mol. The molecular formula is C29H46N4. The number of hydrogen-bond donors (Lipinski definition) is 4. The average Bonchev–Trinajstić information content (AvgIpc) is 3.02. The van der Waals surface area contributed by atoms with Crippen LogP contribution in [-0.2, 0) is 5.41 Å². The summed E-state index contributed by atoms with van der Waals surface area (Å²) in [6, 6.07) is 8.41. The van der Waals surface area contributed by atoms with Gasteiger partial charge in [0.1, 0.15) is 0 Å². The molecule has 0 radical (unpaired) electrons. The number of fused-ring (bicyclic) bond motifs is 3. The van der Waals surface area contributed by atoms with Crippen molar-refractivity contribution in [2.75, 3.05) is 22.9 Å². The van der Waals surface area contributed by atoms with Crippen molar-refractivity contribution in [3.8, 4) is 11.1 Å². The Morgan fingerprint density at radius 1 is 0.485 bits per heavy atom. The molecule has 4 heteroatoms. The summed E-state index contributed by atoms with van der Waals surface area (Å²) in [6.07, 6.45) is 17.8. The Morgan fingerprint density at radius 3 is 1.21 bits per heavy atom. The van der Waals surface area contributed by atoms with Gasteiger partial charge < -0.3 is 22.9 Å². The van der Waals surface area contributed by atoms with Crippen molar-refractivity contribution in [2.45, 2.75) is 109 Å². The molecule has 0 atom stereocenters. The van der Waals surface area contributed by atoms with E-state index in [2.05, 4.69) is 38.1 Å². The summed E-state index contributed by atoms with van der Waals surface area (Å²) in [6.45, 7) is 4.54. The number of nitrogens with two attached hydrogens (primary N) is 4. The van der Waals surface area contributed by atoms with Gasteiger partial charge in [-0.2, -0.15) is 0 Å². The van der Waals surface area contributed by atoms with Gasteiger partial charge in [-0.15, -0.1) is 0 Å². The average molecular weight is 451 g/mol. The van der Waals surface area contributed by atoms with Crippen molar-refractivity contribution in [3.05, 3.63) is 35.4 Å². The van der Waals surface area contributed by atoms with Crippen molar-refractivity contribution >= 4 is 22.7 Å². The molecule has 4 nitrogen and oxygen atoms in total. The Labute approximate surface area is 201 Å². The molecule has 182 valence electrons. The number of unbranched alkanes of at least 4 members (excludes halogenated alkanes) is 10. The second-order valence-electron chi connectivity index (χ2n) is 10.2. The van der Waals surface area contributed by atoms with Gasteiger partial charge in [0, 0.05) is 5.41 Å². The standard InChI is InChI=1S/C29H46N4/c1-3-5-7-9-11-13-15-29(16-14-12-10-8-6-4-2)23-19-27(32)25(30)17-21(23)22-18-26(31)28(33)20-24(22)29/h17-20H,3-16,30-33H2,1-2H3. The molecule has 33 heavy (non-hydrogen) atoms. The summed E-state index contributed by atoms with van der Waals surface area (Å²) < 4.78 is 0. The normalized spacial score (nSPS) is 13.8. The second kappa shape index (κ2) is 11.7. The Bertz CT molecular complexity index is 843. The van der Waals surface area contributed by atoms with Gasteiger partial charge in [-0.05, 0) is 59.4 Å². The molecule has 0 saturated heterocycles. The maximum atomic E-state index is 6.35. The van der Waals surface area contributed by atoms with Crippen molar-refractivity contribution in [2.24, 2.45) is 0 Å². The Morgan fingerprint density at radius 2 is 0.818 bits per heavy atom. The minimum atomic E-state index is -0.0518. The third-order valence-electron chi connectivity index (χ3n) is 7.68. The summed E-state index contributed by atoms with van der Waals surface area (Å²) in [5.74, 6) is 0. The van der Waals surface area contributed by atoms with Crippen LogP contribution >= 0.6 is 0 Å². The van der Waals surface area contributed by atoms with Gasteiger partial charge in [0.2, 0.25) is 0 Å². The summed E-state index contributed by atoms with van der Waals surface area (Å²) in [4.78, 5) is 0. The van der Waals surface area contributed by atoms with Crippen LogP contribution in [0.2, 0.25) is 0 Å². The lowest BCUT2D eigenvalue weighted by molar-refractivity contribution is 0.398. The predicted octanol–water partition coefficient (Wildman–Crippen LogP) is 7.78. The van der Waals surface area contributed by atoms with Gasteiger partial charge in [0.25, 0.3) is 0 Å². The summed E-state index contributed by atoms with van der Waals surface area (Å²) in [5, 5.41) is 0. The molecule has 0 bridgehead atoms. The molecule has 0 spiro atoms. The molecule has 0 aromatic heterocycles. The summed E-state index contributed by atoms with van der Waals surface area (Å²) in [7, 11) is 0. The number of hydrogen-bond acceptors (Lipinski definition) is 4. The van der Waals surface area contributed by atoms with Crippen molar-refractivity contribution in [1.29, 1.82) is 0 Å². The first-order chi connectivity index (χ1) is 15.9. The van der Waals surface area contributed by atoms with E-state index >= 15 is 0 Å². The zero-order chi connectivity index (χ0) is 23.8. The lowest BCUT2D eigenvalue weighted by Gasteiger charge is -2.33. The van der Waals surface area contributed by atoms with E-state index in [4.69, 9.17) is 22.9 Å². The largest absolute Gasteiger partial charge is 0.397 e. The lowest BCUT2D eigenvalue weighted by Crippen LogP contribution is -2.26. The Kier molecular flexibility index (Phi) is 8.94. The van der Waals surface area contributed by atoms with Crippen LogP contribution in [0.15, 0.2) is 24.3 Å². The maximum Gasteiger partial charge on any atom is 0.0554 e. The highest BCUT2D eigenvalue weighted by Crippen LogP contribution is 2.56. The third-order valence-corrected chi connectivity index (χ3v) is 7.68. The fraction of sp³-hybridized carbons (Fsp3) is 0.586. The zero-order valence-corrected chi connectivity index (χ0v) is 21.0. The van der Waals surface area contributed by atoms with Crippen LogP contribution in [-0.4, -0.2) is 0 Å². The first-order valence-electron chi connectivity index (χ1n) is 13.3. The van der Waals surface area contributed by atoms with Crippen LogP contribution in [0, 0.1) is 0 Å². The zero-order valence-electron chi connectivity index (χ0n) is 21.0. The summed E-state index contributed by atoms with van der Waals surface area (Å²) >= 11 is 0.